The van der Waals surface area contributed by atoms with Crippen LogP contribution in [0.25, 0.3) is 0 Å². The molecule has 0 atom stereocenters. The average molecular weight is 593 g/mol. The Morgan fingerprint density at radius 3 is 1.86 bits per heavy atom. The van der Waals surface area contributed by atoms with Gasteiger partial charge in [0.05, 0.1) is 5.92 Å². The van der Waals surface area contributed by atoms with Crippen LogP contribution in [-0.4, -0.2) is 6.11 Å². The number of benzene rings is 2. The minimum absolute atomic E-state index is 0.0746. The lowest BCUT2D eigenvalue weighted by atomic mass is 9.68. The first-order valence-corrected chi connectivity index (χ1v) is 15.8. The molecule has 2 aromatic carbocycles. The Kier molecular flexibility index (Phi) is 9.94. The summed E-state index contributed by atoms with van der Waals surface area (Å²) in [5.41, 5.74) is 1.60. The zero-order chi connectivity index (χ0) is 29.9. The largest absolute Gasteiger partial charge is 0.432 e. The van der Waals surface area contributed by atoms with Crippen molar-refractivity contribution in [2.75, 3.05) is 0 Å². The quantitative estimate of drug-likeness (QED) is 0.160. The van der Waals surface area contributed by atoms with Gasteiger partial charge >= 0.3 is 6.11 Å². The minimum Gasteiger partial charge on any atom is -0.432 e. The van der Waals surface area contributed by atoms with Crippen LogP contribution in [0.5, 0.6) is 5.75 Å². The predicted molar refractivity (Wildman–Crippen MR) is 153 cm³/mol. The third kappa shape index (κ3) is 7.19. The van der Waals surface area contributed by atoms with Crippen molar-refractivity contribution in [3.05, 3.63) is 77.4 Å². The van der Waals surface area contributed by atoms with E-state index in [0.717, 1.165) is 42.6 Å². The van der Waals surface area contributed by atoms with Crippen LogP contribution in [0.3, 0.4) is 0 Å². The fraction of sp³-hybridized carbons (Fsp3) is 0.600. The highest BCUT2D eigenvalue weighted by Crippen LogP contribution is 2.46. The van der Waals surface area contributed by atoms with Crippen LogP contribution in [-0.2, 0) is 0 Å². The summed E-state index contributed by atoms with van der Waals surface area (Å²) in [6.45, 7) is 3.85. The Hall–Kier alpha value is -2.44. The molecule has 3 saturated carbocycles. The third-order valence-electron chi connectivity index (χ3n) is 10.5. The maximum Gasteiger partial charge on any atom is 0.400 e. The molecule has 230 valence electrons. The molecule has 3 aliphatic carbocycles. The Bertz CT molecular complexity index is 1180. The van der Waals surface area contributed by atoms with Crippen LogP contribution >= 0.6 is 0 Å². The van der Waals surface area contributed by atoms with Crippen molar-refractivity contribution in [3.8, 4) is 5.75 Å². The van der Waals surface area contributed by atoms with Crippen LogP contribution in [0.15, 0.2) is 43.0 Å². The van der Waals surface area contributed by atoms with E-state index in [1.165, 1.54) is 44.9 Å². The monoisotopic (exact) mass is 592 g/mol. The number of allylic oxidation sites excluding steroid dienone is 1. The molecule has 2 aromatic rings. The summed E-state index contributed by atoms with van der Waals surface area (Å²) in [6.07, 6.45) is 11.5. The van der Waals surface area contributed by atoms with Gasteiger partial charge in [0.2, 0.25) is 0 Å². The first-order chi connectivity index (χ1) is 20.1. The van der Waals surface area contributed by atoms with Gasteiger partial charge in [-0.1, -0.05) is 31.1 Å². The maximum absolute atomic E-state index is 15.3. The van der Waals surface area contributed by atoms with E-state index in [1.54, 1.807) is 6.07 Å². The second-order valence-electron chi connectivity index (χ2n) is 13.0. The second-order valence-corrected chi connectivity index (χ2v) is 13.0. The van der Waals surface area contributed by atoms with E-state index in [1.807, 2.05) is 18.2 Å². The topological polar surface area (TPSA) is 9.23 Å². The molecule has 3 aliphatic rings. The number of ether oxygens (including phenoxy) is 1. The zero-order valence-corrected chi connectivity index (χ0v) is 24.2. The Morgan fingerprint density at radius 2 is 1.29 bits per heavy atom. The summed E-state index contributed by atoms with van der Waals surface area (Å²) >= 11 is 0. The minimum atomic E-state index is -3.69. The molecule has 0 heterocycles. The molecule has 1 nitrogen and oxygen atoms in total. The molecule has 0 amide bonds. The van der Waals surface area contributed by atoms with Crippen LogP contribution in [0.1, 0.15) is 113 Å². The van der Waals surface area contributed by atoms with Crippen LogP contribution < -0.4 is 4.74 Å². The van der Waals surface area contributed by atoms with Crippen LogP contribution in [0, 0.1) is 46.9 Å². The van der Waals surface area contributed by atoms with E-state index in [9.17, 15) is 22.0 Å². The fourth-order valence-electron chi connectivity index (χ4n) is 7.93. The fourth-order valence-corrected chi connectivity index (χ4v) is 7.93. The number of halogens is 6. The number of rotatable bonds is 9. The molecule has 3 fully saturated rings. The first-order valence-electron chi connectivity index (χ1n) is 15.8. The third-order valence-corrected chi connectivity index (χ3v) is 10.5. The molecule has 0 radical (unpaired) electrons. The van der Waals surface area contributed by atoms with Crippen LogP contribution in [0.4, 0.5) is 26.3 Å². The van der Waals surface area contributed by atoms with Gasteiger partial charge in [-0.3, -0.25) is 0 Å². The summed E-state index contributed by atoms with van der Waals surface area (Å²) in [5, 5.41) is 0. The van der Waals surface area contributed by atoms with Gasteiger partial charge < -0.3 is 4.74 Å². The second kappa shape index (κ2) is 13.5. The highest BCUT2D eigenvalue weighted by Gasteiger charge is 2.44. The molecule has 0 aliphatic heterocycles. The molecule has 0 aromatic heterocycles. The van der Waals surface area contributed by atoms with Gasteiger partial charge in [-0.15, -0.1) is 6.58 Å². The van der Waals surface area contributed by atoms with E-state index < -0.39 is 35.2 Å². The van der Waals surface area contributed by atoms with E-state index in [4.69, 9.17) is 0 Å². The SMILES string of the molecule is C=CCCC1CCC(C2CCC(c3ccc(C4CCC(C(F)(F)Oc5cc(F)c(F)c(F)c5)CC4)c(F)c3)CC2)CC1. The number of alkyl halides is 2. The Labute approximate surface area is 245 Å². The molecular weight excluding hydrogens is 550 g/mol. The Balaban J connectivity index is 1.11. The first kappa shape index (κ1) is 31.0. The summed E-state index contributed by atoms with van der Waals surface area (Å²) in [4.78, 5) is 0. The summed E-state index contributed by atoms with van der Waals surface area (Å²) in [7, 11) is 0. The van der Waals surface area contributed by atoms with Crippen molar-refractivity contribution in [1.82, 2.24) is 0 Å². The van der Waals surface area contributed by atoms with Gasteiger partial charge in [-0.2, -0.15) is 8.78 Å². The molecule has 5 rings (SSSR count). The lowest BCUT2D eigenvalue weighted by molar-refractivity contribution is -0.222. The van der Waals surface area contributed by atoms with E-state index in [2.05, 4.69) is 11.3 Å². The lowest BCUT2D eigenvalue weighted by Crippen LogP contribution is -2.37. The highest BCUT2D eigenvalue weighted by molar-refractivity contribution is 5.30. The van der Waals surface area contributed by atoms with E-state index in [0.29, 0.717) is 36.5 Å². The van der Waals surface area contributed by atoms with Crippen LogP contribution in [0.2, 0.25) is 0 Å². The summed E-state index contributed by atoms with van der Waals surface area (Å²) in [6, 6.07) is 6.35. The van der Waals surface area contributed by atoms with Crippen molar-refractivity contribution >= 4 is 0 Å². The van der Waals surface area contributed by atoms with E-state index >= 15 is 4.39 Å². The zero-order valence-electron chi connectivity index (χ0n) is 24.2. The van der Waals surface area contributed by atoms with Crippen molar-refractivity contribution < 1.29 is 31.1 Å². The van der Waals surface area contributed by atoms with Crippen molar-refractivity contribution in [2.24, 2.45) is 23.7 Å². The van der Waals surface area contributed by atoms with Crippen molar-refractivity contribution in [2.45, 2.75) is 108 Å². The average Bonchev–Trinajstić information content (AvgIpc) is 2.99. The molecule has 0 saturated heterocycles. The molecular formula is C35H42F6O. The standard InChI is InChI=1S/C35H42F6O/c1-2-3-4-22-5-7-23(8-6-22)24-9-11-25(12-10-24)27-15-18-30(31(36)19-27)26-13-16-28(17-14-26)35(40,41)42-29-20-32(37)34(39)33(38)21-29/h2,15,18-26,28H,1,3-14,16-17H2. The van der Waals surface area contributed by atoms with Gasteiger partial charge in [-0.05, 0) is 124 Å². The molecule has 0 unspecified atom stereocenters. The van der Waals surface area contributed by atoms with E-state index in [-0.39, 0.29) is 24.6 Å². The normalized spacial score (nSPS) is 28.8. The molecule has 0 N–H and O–H groups in total. The van der Waals surface area contributed by atoms with Gasteiger partial charge in [0, 0.05) is 12.1 Å². The Morgan fingerprint density at radius 1 is 0.714 bits per heavy atom. The lowest BCUT2D eigenvalue weighted by Gasteiger charge is -2.38. The summed E-state index contributed by atoms with van der Waals surface area (Å²) in [5.74, 6) is -4.48. The molecule has 0 spiro atoms. The van der Waals surface area contributed by atoms with Crippen molar-refractivity contribution in [1.29, 1.82) is 0 Å². The van der Waals surface area contributed by atoms with Gasteiger partial charge in [0.15, 0.2) is 17.5 Å². The highest BCUT2D eigenvalue weighted by atomic mass is 19.3. The molecule has 0 bridgehead atoms. The molecule has 42 heavy (non-hydrogen) atoms. The van der Waals surface area contributed by atoms with Gasteiger partial charge in [0.1, 0.15) is 11.6 Å². The molecule has 7 heteroatoms. The smallest absolute Gasteiger partial charge is 0.400 e. The van der Waals surface area contributed by atoms with Gasteiger partial charge in [0.25, 0.3) is 0 Å². The van der Waals surface area contributed by atoms with Gasteiger partial charge in [-0.25, -0.2) is 17.6 Å². The maximum atomic E-state index is 15.3. The number of hydrogen-bond donors (Lipinski definition) is 0. The number of hydrogen-bond acceptors (Lipinski definition) is 1. The van der Waals surface area contributed by atoms with Crippen molar-refractivity contribution in [3.63, 3.8) is 0 Å². The predicted octanol–water partition coefficient (Wildman–Crippen LogP) is 11.2. The summed E-state index contributed by atoms with van der Waals surface area (Å²) < 4.78 is 89.6.